The maximum atomic E-state index is 13.3. The van der Waals surface area contributed by atoms with Gasteiger partial charge in [-0.3, -0.25) is 9.59 Å². The van der Waals surface area contributed by atoms with E-state index in [2.05, 4.69) is 10.4 Å². The summed E-state index contributed by atoms with van der Waals surface area (Å²) < 4.78 is 6.26. The molecule has 0 aliphatic heterocycles. The Kier molecular flexibility index (Phi) is 5.87. The van der Waals surface area contributed by atoms with Crippen molar-refractivity contribution in [2.24, 2.45) is 5.92 Å². The first-order chi connectivity index (χ1) is 14.5. The molecule has 30 heavy (non-hydrogen) atoms. The Balaban J connectivity index is 1.87. The zero-order chi connectivity index (χ0) is 21.3. The summed E-state index contributed by atoms with van der Waals surface area (Å²) in [4.78, 5) is 38.5. The fourth-order valence-electron chi connectivity index (χ4n) is 3.68. The highest BCUT2D eigenvalue weighted by atomic mass is 35.5. The van der Waals surface area contributed by atoms with E-state index in [-0.39, 0.29) is 29.5 Å². The van der Waals surface area contributed by atoms with Gasteiger partial charge >= 0.3 is 5.97 Å². The number of nitrogens with zero attached hydrogens (tertiary/aromatic N) is 2. The summed E-state index contributed by atoms with van der Waals surface area (Å²) in [6, 6.07) is 6.62. The van der Waals surface area contributed by atoms with E-state index in [0.717, 1.165) is 30.4 Å². The minimum Gasteiger partial charge on any atom is -0.461 e. The fraction of sp³-hybridized carbons (Fsp3) is 0.333. The van der Waals surface area contributed by atoms with E-state index < -0.39 is 11.5 Å². The summed E-state index contributed by atoms with van der Waals surface area (Å²) in [5.74, 6) is -0.784. The van der Waals surface area contributed by atoms with Crippen molar-refractivity contribution in [3.63, 3.8) is 0 Å². The number of carbonyl (C=O) groups is 2. The Morgan fingerprint density at radius 1 is 1.33 bits per heavy atom. The van der Waals surface area contributed by atoms with Gasteiger partial charge in [0.1, 0.15) is 5.00 Å². The van der Waals surface area contributed by atoms with Crippen LogP contribution in [0.4, 0.5) is 5.00 Å². The molecule has 7 nitrogen and oxygen atoms in total. The average Bonchev–Trinajstić information content (AvgIpc) is 3.39. The lowest BCUT2D eigenvalue weighted by atomic mass is 10.1. The largest absolute Gasteiger partial charge is 0.461 e. The molecule has 2 aromatic heterocycles. The zero-order valence-electron chi connectivity index (χ0n) is 16.3. The Morgan fingerprint density at radius 3 is 2.80 bits per heavy atom. The molecule has 0 atom stereocenters. The molecule has 0 saturated heterocycles. The zero-order valence-corrected chi connectivity index (χ0v) is 17.9. The van der Waals surface area contributed by atoms with Gasteiger partial charge in [0.05, 0.1) is 17.7 Å². The van der Waals surface area contributed by atoms with E-state index in [1.54, 1.807) is 36.6 Å². The highest BCUT2D eigenvalue weighted by Crippen LogP contribution is 2.33. The number of ether oxygens (including phenoxy) is 1. The van der Waals surface area contributed by atoms with Gasteiger partial charge in [-0.15, -0.1) is 11.3 Å². The van der Waals surface area contributed by atoms with Gasteiger partial charge < -0.3 is 10.1 Å². The molecule has 1 saturated carbocycles. The third kappa shape index (κ3) is 3.85. The fourth-order valence-corrected chi connectivity index (χ4v) is 4.80. The van der Waals surface area contributed by atoms with Crippen molar-refractivity contribution < 1.29 is 14.3 Å². The van der Waals surface area contributed by atoms with Crippen LogP contribution in [0.15, 0.2) is 34.4 Å². The topological polar surface area (TPSA) is 90.3 Å². The van der Waals surface area contributed by atoms with Crippen molar-refractivity contribution >= 4 is 50.6 Å². The predicted molar refractivity (Wildman–Crippen MR) is 117 cm³/mol. The van der Waals surface area contributed by atoms with Crippen LogP contribution in [-0.2, 0) is 9.53 Å². The number of amides is 1. The number of benzene rings is 1. The number of anilines is 1. The van der Waals surface area contributed by atoms with Crippen LogP contribution in [0, 0.1) is 5.92 Å². The van der Waals surface area contributed by atoms with Crippen LogP contribution in [0.5, 0.6) is 0 Å². The van der Waals surface area contributed by atoms with Crippen molar-refractivity contribution in [1.29, 1.82) is 0 Å². The molecular weight excluding hydrogens is 426 g/mol. The van der Waals surface area contributed by atoms with Crippen molar-refractivity contribution in [1.82, 2.24) is 9.78 Å². The van der Waals surface area contributed by atoms with Gasteiger partial charge in [-0.2, -0.15) is 9.78 Å². The van der Waals surface area contributed by atoms with E-state index in [9.17, 15) is 14.4 Å². The number of aromatic nitrogens is 2. The minimum atomic E-state index is -0.634. The maximum Gasteiger partial charge on any atom is 0.359 e. The molecule has 0 radical (unpaired) electrons. The highest BCUT2D eigenvalue weighted by molar-refractivity contribution is 7.16. The van der Waals surface area contributed by atoms with Gasteiger partial charge in [-0.25, -0.2) is 4.79 Å². The molecule has 3 aromatic rings. The summed E-state index contributed by atoms with van der Waals surface area (Å²) >= 11 is 7.28. The van der Waals surface area contributed by atoms with Gasteiger partial charge in [0.15, 0.2) is 5.69 Å². The lowest BCUT2D eigenvalue weighted by Gasteiger charge is -2.11. The molecule has 0 unspecified atom stereocenters. The minimum absolute atomic E-state index is 0.0176. The molecule has 4 rings (SSSR count). The van der Waals surface area contributed by atoms with Crippen molar-refractivity contribution in [2.45, 2.75) is 32.6 Å². The molecule has 1 aromatic carbocycles. The predicted octanol–water partition coefficient (Wildman–Crippen LogP) is 4.41. The highest BCUT2D eigenvalue weighted by Gasteiger charge is 2.26. The number of esters is 1. The standard InChI is InChI=1S/C21H20ClN3O4S/c1-2-29-21(28)17-15-11-30-19(23-18(26)12-6-3-4-7-12)16(15)20(27)25(24-17)14-9-5-8-13(22)10-14/h5,8-12H,2-4,6-7H2,1H3,(H,23,26). The molecule has 1 aliphatic carbocycles. The number of nitrogens with one attached hydrogen (secondary N) is 1. The number of thiophene rings is 1. The Morgan fingerprint density at radius 2 is 2.10 bits per heavy atom. The molecule has 2 heterocycles. The maximum absolute atomic E-state index is 13.3. The third-order valence-electron chi connectivity index (χ3n) is 5.14. The summed E-state index contributed by atoms with van der Waals surface area (Å²) in [7, 11) is 0. The van der Waals surface area contributed by atoms with Gasteiger partial charge in [0, 0.05) is 21.7 Å². The lowest BCUT2D eigenvalue weighted by Crippen LogP contribution is -2.26. The Labute approximate surface area is 181 Å². The van der Waals surface area contributed by atoms with E-state index in [1.807, 2.05) is 0 Å². The van der Waals surface area contributed by atoms with Crippen LogP contribution in [0.3, 0.4) is 0 Å². The molecule has 9 heteroatoms. The van der Waals surface area contributed by atoms with Crippen molar-refractivity contribution in [2.75, 3.05) is 11.9 Å². The Bertz CT molecular complexity index is 1180. The summed E-state index contributed by atoms with van der Waals surface area (Å²) in [5.41, 5.74) is -0.00783. The Hall–Kier alpha value is -2.71. The number of hydrogen-bond donors (Lipinski definition) is 1. The van der Waals surface area contributed by atoms with E-state index in [0.29, 0.717) is 21.1 Å². The number of hydrogen-bond acceptors (Lipinski definition) is 6. The first-order valence-electron chi connectivity index (χ1n) is 9.78. The summed E-state index contributed by atoms with van der Waals surface area (Å²) in [5, 5.41) is 10.3. The summed E-state index contributed by atoms with van der Waals surface area (Å²) in [6.07, 6.45) is 3.75. The molecule has 156 valence electrons. The molecular formula is C21H20ClN3O4S. The van der Waals surface area contributed by atoms with E-state index >= 15 is 0 Å². The summed E-state index contributed by atoms with van der Waals surface area (Å²) in [6.45, 7) is 1.87. The number of rotatable bonds is 5. The van der Waals surface area contributed by atoms with Gasteiger partial charge in [-0.05, 0) is 38.0 Å². The average molecular weight is 446 g/mol. The van der Waals surface area contributed by atoms with Crippen molar-refractivity contribution in [3.8, 4) is 5.69 Å². The molecule has 1 amide bonds. The smallest absolute Gasteiger partial charge is 0.359 e. The molecule has 0 bridgehead atoms. The van der Waals surface area contributed by atoms with Gasteiger partial charge in [0.25, 0.3) is 5.56 Å². The number of fused-ring (bicyclic) bond motifs is 1. The normalized spacial score (nSPS) is 14.2. The third-order valence-corrected chi connectivity index (χ3v) is 6.27. The first kappa shape index (κ1) is 20.6. The van der Waals surface area contributed by atoms with Crippen LogP contribution >= 0.6 is 22.9 Å². The van der Waals surface area contributed by atoms with Crippen LogP contribution in [0.1, 0.15) is 43.1 Å². The molecule has 1 fully saturated rings. The SMILES string of the molecule is CCOC(=O)c1nn(-c2cccc(Cl)c2)c(=O)c2c(NC(=O)C3CCCC3)scc12. The number of halogens is 1. The van der Waals surface area contributed by atoms with Crippen LogP contribution in [0.25, 0.3) is 16.5 Å². The van der Waals surface area contributed by atoms with Gasteiger partial charge in [0.2, 0.25) is 5.91 Å². The second-order valence-corrected chi connectivity index (χ2v) is 8.41. The van der Waals surface area contributed by atoms with Crippen molar-refractivity contribution in [3.05, 3.63) is 50.7 Å². The number of carbonyl (C=O) groups excluding carboxylic acids is 2. The first-order valence-corrected chi connectivity index (χ1v) is 11.0. The molecule has 1 N–H and O–H groups in total. The lowest BCUT2D eigenvalue weighted by molar-refractivity contribution is -0.119. The van der Waals surface area contributed by atoms with E-state index in [1.165, 1.54) is 11.3 Å². The van der Waals surface area contributed by atoms with Crippen LogP contribution < -0.4 is 10.9 Å². The second kappa shape index (κ2) is 8.57. The monoisotopic (exact) mass is 445 g/mol. The molecule has 1 aliphatic rings. The van der Waals surface area contributed by atoms with Crippen LogP contribution in [-0.4, -0.2) is 28.3 Å². The molecule has 0 spiro atoms. The van der Waals surface area contributed by atoms with Crippen LogP contribution in [0.2, 0.25) is 5.02 Å². The van der Waals surface area contributed by atoms with Gasteiger partial charge in [-0.1, -0.05) is 30.5 Å². The quantitative estimate of drug-likeness (QED) is 0.587. The van der Waals surface area contributed by atoms with E-state index in [4.69, 9.17) is 16.3 Å². The second-order valence-electron chi connectivity index (χ2n) is 7.09.